The molecule has 1 aliphatic rings. The summed E-state index contributed by atoms with van der Waals surface area (Å²) >= 11 is 3.65. The van der Waals surface area contributed by atoms with Crippen molar-refractivity contribution < 1.29 is 9.47 Å². The molecule has 20 heavy (non-hydrogen) atoms. The molecular formula is C16H24BrNO2. The molecule has 0 aliphatic carbocycles. The third-order valence-electron chi connectivity index (χ3n) is 3.74. The Hall–Kier alpha value is -0.580. The van der Waals surface area contributed by atoms with Gasteiger partial charge < -0.3 is 14.8 Å². The second-order valence-electron chi connectivity index (χ2n) is 5.64. The number of hydrogen-bond donors (Lipinski definition) is 1. The number of ether oxygens (including phenoxy) is 2. The minimum absolute atomic E-state index is 0.138. The Kier molecular flexibility index (Phi) is 5.87. The first kappa shape index (κ1) is 15.8. The van der Waals surface area contributed by atoms with Crippen LogP contribution in [0.4, 0.5) is 0 Å². The van der Waals surface area contributed by atoms with Crippen molar-refractivity contribution in [2.24, 2.45) is 5.92 Å². The lowest BCUT2D eigenvalue weighted by Crippen LogP contribution is -2.35. The number of halogens is 1. The summed E-state index contributed by atoms with van der Waals surface area (Å²) in [5.41, 5.74) is 1.19. The van der Waals surface area contributed by atoms with Gasteiger partial charge in [0.15, 0.2) is 0 Å². The molecule has 0 bridgehead atoms. The zero-order valence-electron chi connectivity index (χ0n) is 12.5. The van der Waals surface area contributed by atoms with Gasteiger partial charge in [-0.3, -0.25) is 0 Å². The molecule has 0 aromatic heterocycles. The molecule has 3 nitrogen and oxygen atoms in total. The summed E-state index contributed by atoms with van der Waals surface area (Å²) in [6.45, 7) is 6.19. The Labute approximate surface area is 130 Å². The van der Waals surface area contributed by atoms with Crippen LogP contribution >= 0.6 is 15.9 Å². The van der Waals surface area contributed by atoms with Crippen molar-refractivity contribution in [1.29, 1.82) is 0 Å². The molecule has 4 heteroatoms. The van der Waals surface area contributed by atoms with E-state index in [4.69, 9.17) is 9.47 Å². The van der Waals surface area contributed by atoms with Gasteiger partial charge in [0.2, 0.25) is 0 Å². The summed E-state index contributed by atoms with van der Waals surface area (Å²) in [5.74, 6) is 1.39. The van der Waals surface area contributed by atoms with Crippen molar-refractivity contribution in [2.45, 2.75) is 38.8 Å². The van der Waals surface area contributed by atoms with Crippen LogP contribution < -0.4 is 10.1 Å². The maximum Gasteiger partial charge on any atom is 0.119 e. The number of methoxy groups -OCH3 is 1. The van der Waals surface area contributed by atoms with Crippen LogP contribution in [0.1, 0.15) is 38.4 Å². The standard InChI is InChI=1S/C16H24BrNO2/c1-11(2)18-10-12-5-4-8-20-16(12)14-9-13(19-3)6-7-15(14)17/h6-7,9,11-12,16,18H,4-5,8,10H2,1-3H3. The third-order valence-corrected chi connectivity index (χ3v) is 4.46. The van der Waals surface area contributed by atoms with E-state index in [0.717, 1.165) is 29.8 Å². The molecule has 1 aromatic rings. The van der Waals surface area contributed by atoms with Crippen molar-refractivity contribution >= 4 is 15.9 Å². The number of benzene rings is 1. The van der Waals surface area contributed by atoms with Crippen molar-refractivity contribution in [1.82, 2.24) is 5.32 Å². The van der Waals surface area contributed by atoms with Gasteiger partial charge in [0.05, 0.1) is 13.2 Å². The summed E-state index contributed by atoms with van der Waals surface area (Å²) in [6.07, 6.45) is 2.48. The quantitative estimate of drug-likeness (QED) is 0.880. The van der Waals surface area contributed by atoms with Gasteiger partial charge in [-0.25, -0.2) is 0 Å². The molecule has 0 amide bonds. The summed E-state index contributed by atoms with van der Waals surface area (Å²) in [4.78, 5) is 0. The maximum atomic E-state index is 6.06. The van der Waals surface area contributed by atoms with Crippen molar-refractivity contribution in [3.05, 3.63) is 28.2 Å². The molecule has 2 unspecified atom stereocenters. The van der Waals surface area contributed by atoms with Gasteiger partial charge >= 0.3 is 0 Å². The van der Waals surface area contributed by atoms with Crippen LogP contribution in [0.2, 0.25) is 0 Å². The van der Waals surface area contributed by atoms with Crippen molar-refractivity contribution in [3.63, 3.8) is 0 Å². The second-order valence-corrected chi connectivity index (χ2v) is 6.50. The summed E-state index contributed by atoms with van der Waals surface area (Å²) in [5, 5.41) is 3.54. The highest BCUT2D eigenvalue weighted by molar-refractivity contribution is 9.10. The lowest BCUT2D eigenvalue weighted by molar-refractivity contribution is -0.0287. The Morgan fingerprint density at radius 1 is 1.45 bits per heavy atom. The first-order valence-electron chi connectivity index (χ1n) is 7.30. The fourth-order valence-corrected chi connectivity index (χ4v) is 3.12. The number of rotatable bonds is 5. The summed E-state index contributed by atoms with van der Waals surface area (Å²) in [6, 6.07) is 6.60. The molecule has 2 atom stereocenters. The minimum Gasteiger partial charge on any atom is -0.497 e. The van der Waals surface area contributed by atoms with Crippen molar-refractivity contribution in [3.8, 4) is 5.75 Å². The van der Waals surface area contributed by atoms with E-state index in [2.05, 4.69) is 41.2 Å². The average molecular weight is 342 g/mol. The molecule has 1 N–H and O–H groups in total. The van der Waals surface area contributed by atoms with Gasteiger partial charge in [-0.2, -0.15) is 0 Å². The van der Waals surface area contributed by atoms with Gasteiger partial charge in [0, 0.05) is 29.6 Å². The molecule has 1 heterocycles. The number of hydrogen-bond acceptors (Lipinski definition) is 3. The van der Waals surface area contributed by atoms with E-state index in [9.17, 15) is 0 Å². The monoisotopic (exact) mass is 341 g/mol. The summed E-state index contributed by atoms with van der Waals surface area (Å²) in [7, 11) is 1.70. The first-order valence-corrected chi connectivity index (χ1v) is 8.09. The van der Waals surface area contributed by atoms with E-state index in [1.165, 1.54) is 12.0 Å². The Morgan fingerprint density at radius 3 is 2.95 bits per heavy atom. The zero-order chi connectivity index (χ0) is 14.5. The van der Waals surface area contributed by atoms with Crippen LogP contribution in [-0.4, -0.2) is 26.3 Å². The molecule has 1 aliphatic heterocycles. The molecule has 1 saturated heterocycles. The van der Waals surface area contributed by atoms with E-state index in [1.54, 1.807) is 7.11 Å². The minimum atomic E-state index is 0.138. The Balaban J connectivity index is 2.18. The molecule has 2 rings (SSSR count). The normalized spacial score (nSPS) is 23.1. The fourth-order valence-electron chi connectivity index (χ4n) is 2.65. The van der Waals surface area contributed by atoms with Gasteiger partial charge in [-0.05, 0) is 36.6 Å². The van der Waals surface area contributed by atoms with Crippen molar-refractivity contribution in [2.75, 3.05) is 20.3 Å². The lowest BCUT2D eigenvalue weighted by Gasteiger charge is -2.33. The van der Waals surface area contributed by atoms with Crippen LogP contribution in [0, 0.1) is 5.92 Å². The highest BCUT2D eigenvalue weighted by Gasteiger charge is 2.29. The average Bonchev–Trinajstić information content (AvgIpc) is 2.46. The van der Waals surface area contributed by atoms with Gasteiger partial charge in [0.1, 0.15) is 5.75 Å². The smallest absolute Gasteiger partial charge is 0.119 e. The highest BCUT2D eigenvalue weighted by atomic mass is 79.9. The molecular weight excluding hydrogens is 318 g/mol. The molecule has 0 radical (unpaired) electrons. The highest BCUT2D eigenvalue weighted by Crippen LogP contribution is 2.38. The largest absolute Gasteiger partial charge is 0.497 e. The summed E-state index contributed by atoms with van der Waals surface area (Å²) < 4.78 is 12.5. The van der Waals surface area contributed by atoms with Crippen LogP contribution in [0.5, 0.6) is 5.75 Å². The molecule has 0 spiro atoms. The van der Waals surface area contributed by atoms with E-state index in [-0.39, 0.29) is 6.10 Å². The number of nitrogens with one attached hydrogen (secondary N) is 1. The third kappa shape index (κ3) is 3.96. The zero-order valence-corrected chi connectivity index (χ0v) is 14.1. The van der Waals surface area contributed by atoms with E-state index in [0.29, 0.717) is 12.0 Å². The van der Waals surface area contributed by atoms with Gasteiger partial charge in [-0.1, -0.05) is 29.8 Å². The van der Waals surface area contributed by atoms with Crippen LogP contribution in [0.3, 0.4) is 0 Å². The molecule has 0 saturated carbocycles. The Bertz CT molecular complexity index is 436. The molecule has 1 fully saturated rings. The van der Waals surface area contributed by atoms with Gasteiger partial charge in [-0.15, -0.1) is 0 Å². The SMILES string of the molecule is COc1ccc(Br)c(C2OCCCC2CNC(C)C)c1. The lowest BCUT2D eigenvalue weighted by atomic mass is 9.89. The molecule has 1 aromatic carbocycles. The van der Waals surface area contributed by atoms with E-state index < -0.39 is 0 Å². The Morgan fingerprint density at radius 2 is 2.25 bits per heavy atom. The van der Waals surface area contributed by atoms with Crippen LogP contribution in [-0.2, 0) is 4.74 Å². The first-order chi connectivity index (χ1) is 9.61. The second kappa shape index (κ2) is 7.43. The predicted molar refractivity (Wildman–Crippen MR) is 85.2 cm³/mol. The predicted octanol–water partition coefficient (Wildman–Crippen LogP) is 3.92. The van der Waals surface area contributed by atoms with Crippen LogP contribution in [0.15, 0.2) is 22.7 Å². The van der Waals surface area contributed by atoms with E-state index >= 15 is 0 Å². The van der Waals surface area contributed by atoms with Gasteiger partial charge in [0.25, 0.3) is 0 Å². The topological polar surface area (TPSA) is 30.5 Å². The maximum absolute atomic E-state index is 6.06. The van der Waals surface area contributed by atoms with E-state index in [1.807, 2.05) is 12.1 Å². The van der Waals surface area contributed by atoms with Crippen LogP contribution in [0.25, 0.3) is 0 Å². The fraction of sp³-hybridized carbons (Fsp3) is 0.625. The molecule has 112 valence electrons.